The maximum Gasteiger partial charge on any atom is 0.238 e. The van der Waals surface area contributed by atoms with E-state index < -0.39 is 0 Å². The maximum atomic E-state index is 12.2. The number of ether oxygens (including phenoxy) is 2. The first-order valence-electron chi connectivity index (χ1n) is 8.11. The molecule has 5 heteroatoms. The molecule has 0 unspecified atom stereocenters. The molecule has 0 saturated heterocycles. The Labute approximate surface area is 142 Å². The fraction of sp³-hybridized carbons (Fsp3) is 0.316. The summed E-state index contributed by atoms with van der Waals surface area (Å²) in [6, 6.07) is 15.7. The Hall–Kier alpha value is -2.53. The van der Waals surface area contributed by atoms with E-state index in [0.29, 0.717) is 23.1 Å². The zero-order valence-electron chi connectivity index (χ0n) is 13.9. The maximum absolute atomic E-state index is 12.2. The summed E-state index contributed by atoms with van der Waals surface area (Å²) in [7, 11) is 0. The predicted octanol–water partition coefficient (Wildman–Crippen LogP) is 3.34. The minimum atomic E-state index is -0.0875. The van der Waals surface area contributed by atoms with Crippen LogP contribution in [0.1, 0.15) is 25.5 Å². The largest absolute Gasteiger partial charge is 0.454 e. The van der Waals surface area contributed by atoms with Crippen molar-refractivity contribution >= 4 is 11.6 Å². The standard InChI is InChI=1S/C19H22N2O3/c1-13(2)19(14-6-4-3-5-7-14)20-11-18(22)21-15-8-9-16-17(10-15)24-12-23-16/h3-10,13,19-20H,11-12H2,1-2H3,(H,21,22)/t19-/m0/s1. The van der Waals surface area contributed by atoms with Gasteiger partial charge in [0, 0.05) is 17.8 Å². The van der Waals surface area contributed by atoms with Crippen LogP contribution < -0.4 is 20.1 Å². The van der Waals surface area contributed by atoms with Gasteiger partial charge < -0.3 is 20.1 Å². The lowest BCUT2D eigenvalue weighted by atomic mass is 9.96. The molecule has 1 aliphatic rings. The summed E-state index contributed by atoms with van der Waals surface area (Å²) in [5.74, 6) is 1.65. The van der Waals surface area contributed by atoms with Gasteiger partial charge in [0.25, 0.3) is 0 Å². The third-order valence-corrected chi connectivity index (χ3v) is 3.96. The Kier molecular flexibility index (Phi) is 5.01. The van der Waals surface area contributed by atoms with Crippen LogP contribution in [-0.4, -0.2) is 19.2 Å². The summed E-state index contributed by atoms with van der Waals surface area (Å²) >= 11 is 0. The molecular formula is C19H22N2O3. The molecule has 1 aliphatic heterocycles. The summed E-state index contributed by atoms with van der Waals surface area (Å²) < 4.78 is 10.6. The molecule has 2 aromatic carbocycles. The average Bonchev–Trinajstić information content (AvgIpc) is 3.03. The number of nitrogens with one attached hydrogen (secondary N) is 2. The highest BCUT2D eigenvalue weighted by atomic mass is 16.7. The van der Waals surface area contributed by atoms with Gasteiger partial charge >= 0.3 is 0 Å². The lowest BCUT2D eigenvalue weighted by molar-refractivity contribution is -0.115. The molecule has 0 saturated carbocycles. The number of rotatable bonds is 6. The highest BCUT2D eigenvalue weighted by Gasteiger charge is 2.17. The normalized spacial score (nSPS) is 13.8. The molecule has 1 amide bonds. The van der Waals surface area contributed by atoms with Crippen LogP contribution in [-0.2, 0) is 4.79 Å². The van der Waals surface area contributed by atoms with Gasteiger partial charge in [-0.05, 0) is 23.6 Å². The molecule has 126 valence electrons. The Morgan fingerprint density at radius 2 is 1.83 bits per heavy atom. The van der Waals surface area contributed by atoms with Crippen LogP contribution in [0.25, 0.3) is 0 Å². The van der Waals surface area contributed by atoms with Crippen molar-refractivity contribution in [1.82, 2.24) is 5.32 Å². The smallest absolute Gasteiger partial charge is 0.238 e. The highest BCUT2D eigenvalue weighted by Crippen LogP contribution is 2.34. The Balaban J connectivity index is 1.58. The zero-order valence-corrected chi connectivity index (χ0v) is 13.9. The first kappa shape index (κ1) is 16.3. The van der Waals surface area contributed by atoms with Gasteiger partial charge in [0.05, 0.1) is 6.54 Å². The van der Waals surface area contributed by atoms with Gasteiger partial charge in [0.1, 0.15) is 0 Å². The van der Waals surface area contributed by atoms with Crippen molar-refractivity contribution in [2.45, 2.75) is 19.9 Å². The van der Waals surface area contributed by atoms with Crippen molar-refractivity contribution in [1.29, 1.82) is 0 Å². The highest BCUT2D eigenvalue weighted by molar-refractivity contribution is 5.92. The second-order valence-electron chi connectivity index (χ2n) is 6.13. The van der Waals surface area contributed by atoms with Crippen LogP contribution >= 0.6 is 0 Å². The molecule has 2 aromatic rings. The quantitative estimate of drug-likeness (QED) is 0.855. The van der Waals surface area contributed by atoms with E-state index in [9.17, 15) is 4.79 Å². The summed E-state index contributed by atoms with van der Waals surface area (Å²) in [5, 5.41) is 6.22. The Bertz CT molecular complexity index is 701. The van der Waals surface area contributed by atoms with Gasteiger partial charge in [-0.3, -0.25) is 4.79 Å². The van der Waals surface area contributed by atoms with E-state index in [1.807, 2.05) is 24.3 Å². The van der Waals surface area contributed by atoms with E-state index in [-0.39, 0.29) is 25.3 Å². The van der Waals surface area contributed by atoms with Crippen LogP contribution in [0.5, 0.6) is 11.5 Å². The van der Waals surface area contributed by atoms with Crippen molar-refractivity contribution in [3.63, 3.8) is 0 Å². The van der Waals surface area contributed by atoms with Crippen molar-refractivity contribution in [2.24, 2.45) is 5.92 Å². The zero-order chi connectivity index (χ0) is 16.9. The summed E-state index contributed by atoms with van der Waals surface area (Å²) in [6.07, 6.45) is 0. The van der Waals surface area contributed by atoms with E-state index >= 15 is 0 Å². The molecule has 0 fully saturated rings. The van der Waals surface area contributed by atoms with Gasteiger partial charge in [-0.1, -0.05) is 44.2 Å². The van der Waals surface area contributed by atoms with E-state index in [2.05, 4.69) is 36.6 Å². The summed E-state index contributed by atoms with van der Waals surface area (Å²) in [4.78, 5) is 12.2. The SMILES string of the molecule is CC(C)[C@H](NCC(=O)Nc1ccc2c(c1)OCO2)c1ccccc1. The first-order chi connectivity index (χ1) is 11.6. The molecule has 0 bridgehead atoms. The van der Waals surface area contributed by atoms with E-state index in [1.54, 1.807) is 12.1 Å². The van der Waals surface area contributed by atoms with Crippen molar-refractivity contribution in [2.75, 3.05) is 18.7 Å². The van der Waals surface area contributed by atoms with Crippen LogP contribution in [0, 0.1) is 5.92 Å². The van der Waals surface area contributed by atoms with Gasteiger partial charge in [-0.25, -0.2) is 0 Å². The molecule has 1 heterocycles. The molecule has 5 nitrogen and oxygen atoms in total. The third-order valence-electron chi connectivity index (χ3n) is 3.96. The van der Waals surface area contributed by atoms with Crippen LogP contribution in [0.4, 0.5) is 5.69 Å². The molecule has 1 atom stereocenters. The number of hydrogen-bond acceptors (Lipinski definition) is 4. The van der Waals surface area contributed by atoms with Gasteiger partial charge in [0.15, 0.2) is 11.5 Å². The molecule has 0 spiro atoms. The first-order valence-corrected chi connectivity index (χ1v) is 8.11. The molecule has 2 N–H and O–H groups in total. The summed E-state index contributed by atoms with van der Waals surface area (Å²) in [5.41, 5.74) is 1.88. The number of carbonyl (C=O) groups is 1. The van der Waals surface area contributed by atoms with Crippen LogP contribution in [0.3, 0.4) is 0 Å². The van der Waals surface area contributed by atoms with Gasteiger partial charge in [-0.2, -0.15) is 0 Å². The average molecular weight is 326 g/mol. The van der Waals surface area contributed by atoms with Gasteiger partial charge in [0.2, 0.25) is 12.7 Å². The number of amides is 1. The minimum Gasteiger partial charge on any atom is -0.454 e. The second-order valence-corrected chi connectivity index (χ2v) is 6.13. The lowest BCUT2D eigenvalue weighted by Gasteiger charge is -2.22. The molecule has 3 rings (SSSR count). The molecular weight excluding hydrogens is 304 g/mol. The lowest BCUT2D eigenvalue weighted by Crippen LogP contribution is -2.33. The fourth-order valence-electron chi connectivity index (χ4n) is 2.78. The Morgan fingerprint density at radius 1 is 1.08 bits per heavy atom. The number of benzene rings is 2. The third kappa shape index (κ3) is 3.86. The van der Waals surface area contributed by atoms with Crippen molar-refractivity contribution < 1.29 is 14.3 Å². The van der Waals surface area contributed by atoms with Crippen LogP contribution in [0.2, 0.25) is 0 Å². The monoisotopic (exact) mass is 326 g/mol. The van der Waals surface area contributed by atoms with E-state index in [1.165, 1.54) is 5.56 Å². The molecule has 0 aliphatic carbocycles. The fourth-order valence-corrected chi connectivity index (χ4v) is 2.78. The predicted molar refractivity (Wildman–Crippen MR) is 93.2 cm³/mol. The number of fused-ring (bicyclic) bond motifs is 1. The number of anilines is 1. The van der Waals surface area contributed by atoms with Gasteiger partial charge in [-0.15, -0.1) is 0 Å². The minimum absolute atomic E-state index is 0.0875. The number of hydrogen-bond donors (Lipinski definition) is 2. The van der Waals surface area contributed by atoms with Crippen molar-refractivity contribution in [3.8, 4) is 11.5 Å². The summed E-state index contributed by atoms with van der Waals surface area (Å²) in [6.45, 7) is 4.74. The van der Waals surface area contributed by atoms with Crippen LogP contribution in [0.15, 0.2) is 48.5 Å². The molecule has 0 radical (unpaired) electrons. The van der Waals surface area contributed by atoms with E-state index in [4.69, 9.17) is 9.47 Å². The van der Waals surface area contributed by atoms with Crippen molar-refractivity contribution in [3.05, 3.63) is 54.1 Å². The molecule has 0 aromatic heterocycles. The second kappa shape index (κ2) is 7.36. The molecule has 24 heavy (non-hydrogen) atoms. The topological polar surface area (TPSA) is 59.6 Å². The Morgan fingerprint density at radius 3 is 2.58 bits per heavy atom. The number of carbonyl (C=O) groups excluding carboxylic acids is 1. The van der Waals surface area contributed by atoms with E-state index in [0.717, 1.165) is 0 Å².